The summed E-state index contributed by atoms with van der Waals surface area (Å²) in [5, 5.41) is 19.3. The number of rotatable bonds is 5. The van der Waals surface area contributed by atoms with Gasteiger partial charge in [-0.3, -0.25) is 9.52 Å². The molecule has 0 atom stereocenters. The number of halogens is 1. The lowest BCUT2D eigenvalue weighted by atomic mass is 10.3. The van der Waals surface area contributed by atoms with Crippen molar-refractivity contribution in [2.45, 2.75) is 0 Å². The Balaban J connectivity index is 2.41. The van der Waals surface area contributed by atoms with Gasteiger partial charge >= 0.3 is 5.97 Å². The van der Waals surface area contributed by atoms with E-state index in [0.29, 0.717) is 5.69 Å². The number of aliphatic carboxylic acids is 1. The number of benzene rings is 1. The fourth-order valence-corrected chi connectivity index (χ4v) is 2.50. The minimum Gasteiger partial charge on any atom is -0.480 e. The Morgan fingerprint density at radius 1 is 1.45 bits per heavy atom. The molecule has 0 unspecified atom stereocenters. The number of nitrogens with zero attached hydrogens (tertiary/aromatic N) is 4. The maximum absolute atomic E-state index is 11.6. The van der Waals surface area contributed by atoms with Crippen molar-refractivity contribution >= 4 is 33.3 Å². The van der Waals surface area contributed by atoms with E-state index in [1.807, 2.05) is 0 Å². The summed E-state index contributed by atoms with van der Waals surface area (Å²) >= 11 is 5.80. The molecule has 0 aliphatic carbocycles. The molecular weight excluding hydrogens is 310 g/mol. The van der Waals surface area contributed by atoms with Crippen molar-refractivity contribution in [3.8, 4) is 5.69 Å². The van der Waals surface area contributed by atoms with Gasteiger partial charge in [0.1, 0.15) is 6.33 Å². The predicted octanol–water partition coefficient (Wildman–Crippen LogP) is 0.142. The maximum atomic E-state index is 11.6. The molecule has 1 heterocycles. The van der Waals surface area contributed by atoms with E-state index in [4.69, 9.17) is 16.7 Å². The summed E-state index contributed by atoms with van der Waals surface area (Å²) in [6, 6.07) is 4.35. The number of hydrogen-bond acceptors (Lipinski definition) is 6. The highest BCUT2D eigenvalue weighted by Gasteiger charge is 2.18. The highest BCUT2D eigenvalue weighted by Crippen LogP contribution is 2.24. The number of anilines is 1. The Bertz CT molecular complexity index is 731. The Kier molecular flexibility index (Phi) is 3.86. The van der Waals surface area contributed by atoms with Gasteiger partial charge in [-0.05, 0) is 28.6 Å². The molecule has 0 bridgehead atoms. The van der Waals surface area contributed by atoms with Gasteiger partial charge in [0.15, 0.2) is 5.75 Å². The Hall–Kier alpha value is -2.20. The average Bonchev–Trinajstić information content (AvgIpc) is 2.79. The summed E-state index contributed by atoms with van der Waals surface area (Å²) in [6.07, 6.45) is 1.26. The van der Waals surface area contributed by atoms with Crippen LogP contribution >= 0.6 is 11.6 Å². The number of carbonyl (C=O) groups is 1. The molecule has 2 aromatic rings. The van der Waals surface area contributed by atoms with E-state index in [0.717, 1.165) is 0 Å². The molecule has 0 radical (unpaired) electrons. The summed E-state index contributed by atoms with van der Waals surface area (Å²) < 4.78 is 26.7. The van der Waals surface area contributed by atoms with Crippen LogP contribution in [0.5, 0.6) is 0 Å². The Labute approximate surface area is 118 Å². The molecule has 2 rings (SSSR count). The molecule has 1 aromatic heterocycles. The van der Waals surface area contributed by atoms with Gasteiger partial charge in [-0.1, -0.05) is 11.6 Å². The van der Waals surface area contributed by atoms with Crippen molar-refractivity contribution in [3.63, 3.8) is 0 Å². The zero-order valence-corrected chi connectivity index (χ0v) is 11.3. The molecule has 11 heteroatoms. The van der Waals surface area contributed by atoms with Gasteiger partial charge in [0.05, 0.1) is 11.4 Å². The third-order valence-corrected chi connectivity index (χ3v) is 3.53. The molecule has 1 aromatic carbocycles. The monoisotopic (exact) mass is 317 g/mol. The van der Waals surface area contributed by atoms with Crippen LogP contribution in [-0.4, -0.2) is 45.5 Å². The zero-order chi connectivity index (χ0) is 14.8. The summed E-state index contributed by atoms with van der Waals surface area (Å²) in [5.74, 6) is -2.53. The lowest BCUT2D eigenvalue weighted by Gasteiger charge is -2.11. The molecule has 0 fully saturated rings. The quantitative estimate of drug-likeness (QED) is 0.803. The van der Waals surface area contributed by atoms with E-state index in [2.05, 4.69) is 20.2 Å². The van der Waals surface area contributed by atoms with Crippen LogP contribution in [-0.2, 0) is 14.8 Å². The van der Waals surface area contributed by atoms with Gasteiger partial charge in [-0.25, -0.2) is 8.42 Å². The molecule has 20 heavy (non-hydrogen) atoms. The maximum Gasteiger partial charge on any atom is 0.320 e. The number of sulfonamides is 1. The van der Waals surface area contributed by atoms with Crippen LogP contribution in [0.1, 0.15) is 0 Å². The minimum atomic E-state index is -4.05. The second kappa shape index (κ2) is 5.43. The lowest BCUT2D eigenvalue weighted by Crippen LogP contribution is -2.23. The van der Waals surface area contributed by atoms with Gasteiger partial charge < -0.3 is 5.11 Å². The second-order valence-corrected chi connectivity index (χ2v) is 5.83. The van der Waals surface area contributed by atoms with Gasteiger partial charge in [0.2, 0.25) is 10.0 Å². The van der Waals surface area contributed by atoms with Crippen molar-refractivity contribution < 1.29 is 18.3 Å². The van der Waals surface area contributed by atoms with Crippen LogP contribution in [0.15, 0.2) is 24.5 Å². The molecule has 0 saturated heterocycles. The largest absolute Gasteiger partial charge is 0.480 e. The molecule has 0 spiro atoms. The first-order chi connectivity index (χ1) is 9.37. The fourth-order valence-electron chi connectivity index (χ4n) is 1.43. The lowest BCUT2D eigenvalue weighted by molar-refractivity contribution is -0.134. The first-order valence-corrected chi connectivity index (χ1v) is 7.15. The highest BCUT2D eigenvalue weighted by atomic mass is 35.5. The fraction of sp³-hybridized carbons (Fsp3) is 0.111. The number of carboxylic acids is 1. The van der Waals surface area contributed by atoms with Crippen LogP contribution in [0.4, 0.5) is 5.69 Å². The number of nitrogens with one attached hydrogen (secondary N) is 1. The first kappa shape index (κ1) is 14.2. The number of carboxylic acid groups (broad SMARTS) is 1. The summed E-state index contributed by atoms with van der Waals surface area (Å²) in [7, 11) is -4.05. The number of tetrazole rings is 1. The van der Waals surface area contributed by atoms with E-state index >= 15 is 0 Å². The summed E-state index contributed by atoms with van der Waals surface area (Å²) in [6.45, 7) is 0. The van der Waals surface area contributed by atoms with E-state index < -0.39 is 21.7 Å². The minimum absolute atomic E-state index is 0.0750. The van der Waals surface area contributed by atoms with Gasteiger partial charge in [-0.15, -0.1) is 5.10 Å². The average molecular weight is 318 g/mol. The molecule has 2 N–H and O–H groups in total. The Morgan fingerprint density at radius 2 is 2.20 bits per heavy atom. The Morgan fingerprint density at radius 3 is 2.80 bits per heavy atom. The molecular formula is C9H8ClN5O4S. The van der Waals surface area contributed by atoms with E-state index in [1.165, 1.54) is 29.2 Å². The predicted molar refractivity (Wildman–Crippen MR) is 69.2 cm³/mol. The summed E-state index contributed by atoms with van der Waals surface area (Å²) in [4.78, 5) is 10.5. The van der Waals surface area contributed by atoms with E-state index in [1.54, 1.807) is 0 Å². The zero-order valence-electron chi connectivity index (χ0n) is 9.76. The highest BCUT2D eigenvalue weighted by molar-refractivity contribution is 7.93. The standard InChI is InChI=1S/C9H8ClN5O4S/c10-6-1-2-8(15-5-11-13-14-15)7(3-6)12-20(18,19)4-9(16)17/h1-3,5,12H,4H2,(H,16,17). The van der Waals surface area contributed by atoms with Gasteiger partial charge in [-0.2, -0.15) is 4.68 Å². The smallest absolute Gasteiger partial charge is 0.320 e. The van der Waals surface area contributed by atoms with Crippen LogP contribution < -0.4 is 4.72 Å². The van der Waals surface area contributed by atoms with E-state index in [-0.39, 0.29) is 10.7 Å². The first-order valence-electron chi connectivity index (χ1n) is 5.12. The van der Waals surface area contributed by atoms with E-state index in [9.17, 15) is 13.2 Å². The second-order valence-electron chi connectivity index (χ2n) is 3.67. The normalized spacial score (nSPS) is 11.2. The van der Waals surface area contributed by atoms with Crippen LogP contribution in [0.25, 0.3) is 5.69 Å². The van der Waals surface area contributed by atoms with Crippen molar-refractivity contribution in [1.29, 1.82) is 0 Å². The van der Waals surface area contributed by atoms with Crippen molar-refractivity contribution in [3.05, 3.63) is 29.5 Å². The van der Waals surface area contributed by atoms with Crippen LogP contribution in [0.3, 0.4) is 0 Å². The molecule has 0 aliphatic rings. The third-order valence-electron chi connectivity index (χ3n) is 2.13. The SMILES string of the molecule is O=C(O)CS(=O)(=O)Nc1cc(Cl)ccc1-n1cnnn1. The summed E-state index contributed by atoms with van der Waals surface area (Å²) in [5.41, 5.74) is 0.388. The molecule has 0 aliphatic heterocycles. The molecule has 0 saturated carbocycles. The van der Waals surface area contributed by atoms with Crippen molar-refractivity contribution in [2.24, 2.45) is 0 Å². The molecule has 106 valence electrons. The van der Waals surface area contributed by atoms with Crippen molar-refractivity contribution in [2.75, 3.05) is 10.5 Å². The van der Waals surface area contributed by atoms with Crippen molar-refractivity contribution in [1.82, 2.24) is 20.2 Å². The number of aromatic nitrogens is 4. The van der Waals surface area contributed by atoms with Crippen LogP contribution in [0, 0.1) is 0 Å². The third kappa shape index (κ3) is 3.42. The van der Waals surface area contributed by atoms with Crippen LogP contribution in [0.2, 0.25) is 5.02 Å². The topological polar surface area (TPSA) is 127 Å². The number of hydrogen-bond donors (Lipinski definition) is 2. The molecule has 0 amide bonds. The molecule has 9 nitrogen and oxygen atoms in total. The van der Waals surface area contributed by atoms with Gasteiger partial charge in [0.25, 0.3) is 0 Å². The van der Waals surface area contributed by atoms with Gasteiger partial charge in [0, 0.05) is 5.02 Å².